The Bertz CT molecular complexity index is 984. The molecule has 142 valence electrons. The van der Waals surface area contributed by atoms with Gasteiger partial charge in [-0.05, 0) is 31.2 Å². The van der Waals surface area contributed by atoms with Crippen LogP contribution in [0, 0.1) is 0 Å². The second-order valence-electron chi connectivity index (χ2n) is 6.96. The van der Waals surface area contributed by atoms with Crippen molar-refractivity contribution in [3.05, 3.63) is 39.6 Å². The second-order valence-corrected chi connectivity index (χ2v) is 8.76. The molecule has 27 heavy (non-hydrogen) atoms. The minimum Gasteiger partial charge on any atom is -0.338 e. The molecule has 1 saturated carbocycles. The summed E-state index contributed by atoms with van der Waals surface area (Å²) in [7, 11) is 0. The normalized spacial score (nSPS) is 15.3. The smallest absolute Gasteiger partial charge is 0.263 e. The summed E-state index contributed by atoms with van der Waals surface area (Å²) in [4.78, 5) is 34.2. The number of amides is 1. The third-order valence-electron chi connectivity index (χ3n) is 5.33. The molecule has 0 bridgehead atoms. The van der Waals surface area contributed by atoms with Crippen LogP contribution in [0.15, 0.2) is 34.0 Å². The summed E-state index contributed by atoms with van der Waals surface area (Å²) in [6.07, 6.45) is 7.28. The molecule has 3 aromatic rings. The fourth-order valence-electron chi connectivity index (χ4n) is 3.96. The Morgan fingerprint density at radius 2 is 2.11 bits per heavy atom. The minimum absolute atomic E-state index is 0.0144. The van der Waals surface area contributed by atoms with Crippen molar-refractivity contribution in [2.45, 2.75) is 51.6 Å². The molecule has 0 radical (unpaired) electrons. The van der Waals surface area contributed by atoms with Crippen molar-refractivity contribution in [2.24, 2.45) is 0 Å². The molecule has 0 atom stereocenters. The van der Waals surface area contributed by atoms with Gasteiger partial charge in [0, 0.05) is 28.4 Å². The van der Waals surface area contributed by atoms with Crippen LogP contribution in [0.25, 0.3) is 20.7 Å². The van der Waals surface area contributed by atoms with Crippen molar-refractivity contribution in [1.29, 1.82) is 0 Å². The van der Waals surface area contributed by atoms with Gasteiger partial charge in [0.25, 0.3) is 5.56 Å². The van der Waals surface area contributed by atoms with Crippen molar-refractivity contribution in [3.8, 4) is 10.4 Å². The average molecular weight is 402 g/mol. The lowest BCUT2D eigenvalue weighted by atomic mass is 9.94. The molecule has 3 aromatic heterocycles. The number of hydrogen-bond donors (Lipinski definition) is 0. The standard InChI is InChI=1S/C20H23N3O2S2/c1-2-23(14-7-4-3-5-8-14)17(24)11-22-13-21-19-18(20(22)25)15(12-27-19)16-9-6-10-26-16/h6,9-10,12-14H,2-5,7-8,11H2,1H3. The summed E-state index contributed by atoms with van der Waals surface area (Å²) in [6, 6.07) is 4.30. The Kier molecular flexibility index (Phi) is 5.41. The number of likely N-dealkylation sites (N-methyl/N-ethyl adjacent to an activating group) is 1. The molecular formula is C20H23N3O2S2. The van der Waals surface area contributed by atoms with Gasteiger partial charge in [-0.1, -0.05) is 25.3 Å². The third-order valence-corrected chi connectivity index (χ3v) is 7.12. The largest absolute Gasteiger partial charge is 0.338 e. The van der Waals surface area contributed by atoms with E-state index in [-0.39, 0.29) is 18.0 Å². The molecule has 5 nitrogen and oxygen atoms in total. The predicted molar refractivity (Wildman–Crippen MR) is 111 cm³/mol. The molecule has 4 rings (SSSR count). The van der Waals surface area contributed by atoms with Crippen molar-refractivity contribution >= 4 is 38.8 Å². The Hall–Kier alpha value is -1.99. The fraction of sp³-hybridized carbons (Fsp3) is 0.450. The number of rotatable bonds is 5. The van der Waals surface area contributed by atoms with Gasteiger partial charge in [-0.25, -0.2) is 4.98 Å². The van der Waals surface area contributed by atoms with E-state index in [1.807, 2.05) is 34.7 Å². The number of aromatic nitrogens is 2. The number of hydrogen-bond acceptors (Lipinski definition) is 5. The van der Waals surface area contributed by atoms with Crippen molar-refractivity contribution in [1.82, 2.24) is 14.5 Å². The van der Waals surface area contributed by atoms with E-state index in [4.69, 9.17) is 0 Å². The molecule has 0 N–H and O–H groups in total. The van der Waals surface area contributed by atoms with Gasteiger partial charge >= 0.3 is 0 Å². The molecule has 1 fully saturated rings. The van der Waals surface area contributed by atoms with E-state index in [9.17, 15) is 9.59 Å². The van der Waals surface area contributed by atoms with Gasteiger partial charge in [0.15, 0.2) is 0 Å². The van der Waals surface area contributed by atoms with Crippen LogP contribution in [0.2, 0.25) is 0 Å². The van der Waals surface area contributed by atoms with Crippen LogP contribution >= 0.6 is 22.7 Å². The maximum atomic E-state index is 13.1. The van der Waals surface area contributed by atoms with E-state index in [1.54, 1.807) is 11.3 Å². The Balaban J connectivity index is 1.63. The Morgan fingerprint density at radius 3 is 2.81 bits per heavy atom. The van der Waals surface area contributed by atoms with Crippen molar-refractivity contribution in [3.63, 3.8) is 0 Å². The van der Waals surface area contributed by atoms with Gasteiger partial charge in [-0.3, -0.25) is 14.2 Å². The molecule has 3 heterocycles. The zero-order valence-corrected chi connectivity index (χ0v) is 17.0. The van der Waals surface area contributed by atoms with Gasteiger partial charge in [0.05, 0.1) is 11.7 Å². The number of carbonyl (C=O) groups is 1. The van der Waals surface area contributed by atoms with Crippen LogP contribution in [-0.2, 0) is 11.3 Å². The highest BCUT2D eigenvalue weighted by atomic mass is 32.1. The van der Waals surface area contributed by atoms with Crippen LogP contribution in [0.1, 0.15) is 39.0 Å². The number of thiophene rings is 2. The first kappa shape index (κ1) is 18.4. The fourth-order valence-corrected chi connectivity index (χ4v) is 5.68. The molecule has 0 spiro atoms. The molecule has 1 amide bonds. The predicted octanol–water partition coefficient (Wildman–Crippen LogP) is 4.37. The number of nitrogens with zero attached hydrogens (tertiary/aromatic N) is 3. The molecule has 0 unspecified atom stereocenters. The van der Waals surface area contributed by atoms with E-state index < -0.39 is 0 Å². The first-order valence-corrected chi connectivity index (χ1v) is 11.2. The second kappa shape index (κ2) is 7.94. The van der Waals surface area contributed by atoms with Crippen LogP contribution in [0.5, 0.6) is 0 Å². The first-order valence-electron chi connectivity index (χ1n) is 9.49. The summed E-state index contributed by atoms with van der Waals surface area (Å²) in [6.45, 7) is 2.77. The molecule has 1 aliphatic carbocycles. The van der Waals surface area contributed by atoms with E-state index in [0.717, 1.165) is 28.1 Å². The van der Waals surface area contributed by atoms with Crippen molar-refractivity contribution in [2.75, 3.05) is 6.54 Å². The Morgan fingerprint density at radius 1 is 1.30 bits per heavy atom. The van der Waals surface area contributed by atoms with Gasteiger partial charge in [-0.15, -0.1) is 22.7 Å². The van der Waals surface area contributed by atoms with E-state index in [0.29, 0.717) is 18.0 Å². The summed E-state index contributed by atoms with van der Waals surface area (Å²) in [5, 5.41) is 4.61. The molecule has 7 heteroatoms. The lowest BCUT2D eigenvalue weighted by Crippen LogP contribution is -2.44. The monoisotopic (exact) mass is 401 g/mol. The van der Waals surface area contributed by atoms with Crippen molar-refractivity contribution < 1.29 is 4.79 Å². The zero-order valence-electron chi connectivity index (χ0n) is 15.4. The van der Waals surface area contributed by atoms with E-state index >= 15 is 0 Å². The highest BCUT2D eigenvalue weighted by Crippen LogP contribution is 2.33. The SMILES string of the molecule is CCN(C(=O)Cn1cnc2scc(-c3cccs3)c2c1=O)C1CCCCC1. The van der Waals surface area contributed by atoms with Gasteiger partial charge in [0.1, 0.15) is 11.4 Å². The minimum atomic E-state index is -0.127. The highest BCUT2D eigenvalue weighted by Gasteiger charge is 2.25. The molecular weight excluding hydrogens is 378 g/mol. The maximum Gasteiger partial charge on any atom is 0.263 e. The van der Waals surface area contributed by atoms with E-state index in [1.165, 1.54) is 41.5 Å². The van der Waals surface area contributed by atoms with Gasteiger partial charge < -0.3 is 4.90 Å². The van der Waals surface area contributed by atoms with Crippen LogP contribution < -0.4 is 5.56 Å². The summed E-state index contributed by atoms with van der Waals surface area (Å²) >= 11 is 3.08. The summed E-state index contributed by atoms with van der Waals surface area (Å²) in [5.74, 6) is 0.0144. The topological polar surface area (TPSA) is 55.2 Å². The maximum absolute atomic E-state index is 13.1. The van der Waals surface area contributed by atoms with Crippen LogP contribution in [0.3, 0.4) is 0 Å². The van der Waals surface area contributed by atoms with Crippen LogP contribution in [0.4, 0.5) is 0 Å². The summed E-state index contributed by atoms with van der Waals surface area (Å²) < 4.78 is 1.47. The van der Waals surface area contributed by atoms with Gasteiger partial charge in [0.2, 0.25) is 5.91 Å². The zero-order chi connectivity index (χ0) is 18.8. The van der Waals surface area contributed by atoms with Gasteiger partial charge in [-0.2, -0.15) is 0 Å². The lowest BCUT2D eigenvalue weighted by Gasteiger charge is -2.33. The average Bonchev–Trinajstić information content (AvgIpc) is 3.35. The number of carbonyl (C=O) groups excluding carboxylic acids is 1. The molecule has 1 aliphatic rings. The molecule has 0 aliphatic heterocycles. The third kappa shape index (κ3) is 3.58. The quantitative estimate of drug-likeness (QED) is 0.638. The lowest BCUT2D eigenvalue weighted by molar-refractivity contribution is -0.134. The Labute approximate surface area is 166 Å². The van der Waals surface area contributed by atoms with Crippen LogP contribution in [-0.4, -0.2) is 32.9 Å². The summed E-state index contributed by atoms with van der Waals surface area (Å²) in [5.41, 5.74) is 0.793. The highest BCUT2D eigenvalue weighted by molar-refractivity contribution is 7.18. The number of fused-ring (bicyclic) bond motifs is 1. The first-order chi connectivity index (χ1) is 13.2. The van der Waals surface area contributed by atoms with E-state index in [2.05, 4.69) is 4.98 Å². The molecule has 0 aromatic carbocycles. The molecule has 0 saturated heterocycles.